The van der Waals surface area contributed by atoms with Gasteiger partial charge in [-0.2, -0.15) is 0 Å². The van der Waals surface area contributed by atoms with Gasteiger partial charge < -0.3 is 21.0 Å². The van der Waals surface area contributed by atoms with Crippen LogP contribution in [-0.2, 0) is 9.53 Å². The lowest BCUT2D eigenvalue weighted by Gasteiger charge is -2.09. The Morgan fingerprint density at radius 1 is 1.55 bits per heavy atom. The number of halogens is 1. The Morgan fingerprint density at radius 3 is 2.90 bits per heavy atom. The molecule has 0 aliphatic heterocycles. The number of amides is 1. The molecule has 6 nitrogen and oxygen atoms in total. The van der Waals surface area contributed by atoms with E-state index < -0.39 is 0 Å². The predicted octanol–water partition coefficient (Wildman–Crippen LogP) is 2.30. The Bertz CT molecular complexity index is 492. The lowest BCUT2D eigenvalue weighted by molar-refractivity contribution is -0.116. The van der Waals surface area contributed by atoms with Crippen LogP contribution in [0.5, 0.6) is 0 Å². The standard InChI is InChI=1S/C13H18BrN3O3/c1-2-20-7-3-4-12(18)16-11-6-5-9(8-10(11)14)13(15)17-19/h5-6,8,19H,2-4,7H2,1H3,(H2,15,17)(H,16,18). The number of nitrogens with zero attached hydrogens (tertiary/aromatic N) is 1. The van der Waals surface area contributed by atoms with Crippen molar-refractivity contribution < 1.29 is 14.7 Å². The molecule has 0 fully saturated rings. The maximum Gasteiger partial charge on any atom is 0.224 e. The van der Waals surface area contributed by atoms with Gasteiger partial charge in [0.2, 0.25) is 5.91 Å². The molecule has 0 radical (unpaired) electrons. The molecule has 0 aliphatic rings. The number of nitrogens with one attached hydrogen (secondary N) is 1. The highest BCUT2D eigenvalue weighted by Gasteiger charge is 2.08. The van der Waals surface area contributed by atoms with Gasteiger partial charge in [0, 0.05) is 29.7 Å². The lowest BCUT2D eigenvalue weighted by atomic mass is 10.2. The summed E-state index contributed by atoms with van der Waals surface area (Å²) in [7, 11) is 0. The molecule has 0 atom stereocenters. The van der Waals surface area contributed by atoms with Crippen LogP contribution in [0.1, 0.15) is 25.3 Å². The number of nitrogens with two attached hydrogens (primary N) is 1. The van der Waals surface area contributed by atoms with Crippen molar-refractivity contribution >= 4 is 33.4 Å². The second-order valence-corrected chi connectivity index (χ2v) is 4.88. The van der Waals surface area contributed by atoms with E-state index >= 15 is 0 Å². The Morgan fingerprint density at radius 2 is 2.30 bits per heavy atom. The quantitative estimate of drug-likeness (QED) is 0.232. The topological polar surface area (TPSA) is 96.9 Å². The predicted molar refractivity (Wildman–Crippen MR) is 81.0 cm³/mol. The lowest BCUT2D eigenvalue weighted by Crippen LogP contribution is -2.15. The first-order valence-corrected chi connectivity index (χ1v) is 7.02. The van der Waals surface area contributed by atoms with Crippen LogP contribution in [0, 0.1) is 0 Å². The van der Waals surface area contributed by atoms with Crippen LogP contribution in [-0.4, -0.2) is 30.2 Å². The molecule has 1 rings (SSSR count). The third-order valence-electron chi connectivity index (χ3n) is 2.54. The van der Waals surface area contributed by atoms with Gasteiger partial charge in [-0.15, -0.1) is 0 Å². The van der Waals surface area contributed by atoms with Crippen LogP contribution < -0.4 is 11.1 Å². The summed E-state index contributed by atoms with van der Waals surface area (Å²) in [5.41, 5.74) is 6.69. The van der Waals surface area contributed by atoms with Gasteiger partial charge in [0.1, 0.15) is 0 Å². The third kappa shape index (κ3) is 5.18. The molecule has 0 aliphatic carbocycles. The Kier molecular flexibility index (Phi) is 7.03. The van der Waals surface area contributed by atoms with Crippen LogP contribution in [0.2, 0.25) is 0 Å². The van der Waals surface area contributed by atoms with Crippen molar-refractivity contribution in [1.82, 2.24) is 0 Å². The number of rotatable bonds is 7. The van der Waals surface area contributed by atoms with E-state index in [1.807, 2.05) is 6.92 Å². The van der Waals surface area contributed by atoms with Gasteiger partial charge in [0.25, 0.3) is 0 Å². The first-order chi connectivity index (χ1) is 9.58. The van der Waals surface area contributed by atoms with Crippen molar-refractivity contribution in [3.63, 3.8) is 0 Å². The largest absolute Gasteiger partial charge is 0.409 e. The van der Waals surface area contributed by atoms with Crippen LogP contribution in [0.15, 0.2) is 27.8 Å². The summed E-state index contributed by atoms with van der Waals surface area (Å²) in [6.07, 6.45) is 1.08. The molecule has 7 heteroatoms. The zero-order chi connectivity index (χ0) is 15.0. The number of carbonyl (C=O) groups excluding carboxylic acids is 1. The third-order valence-corrected chi connectivity index (χ3v) is 3.20. The molecule has 1 amide bonds. The van der Waals surface area contributed by atoms with Gasteiger partial charge in [-0.25, -0.2) is 0 Å². The molecule has 0 unspecified atom stereocenters. The summed E-state index contributed by atoms with van der Waals surface area (Å²) in [5, 5.41) is 14.3. The smallest absolute Gasteiger partial charge is 0.224 e. The van der Waals surface area contributed by atoms with Crippen LogP contribution >= 0.6 is 15.9 Å². The Labute approximate surface area is 126 Å². The highest BCUT2D eigenvalue weighted by atomic mass is 79.9. The van der Waals surface area contributed by atoms with Gasteiger partial charge in [-0.3, -0.25) is 4.79 Å². The number of oxime groups is 1. The maximum atomic E-state index is 11.7. The fourth-order valence-corrected chi connectivity index (χ4v) is 2.00. The van der Waals surface area contributed by atoms with Crippen molar-refractivity contribution in [2.24, 2.45) is 10.9 Å². The second kappa shape index (κ2) is 8.55. The summed E-state index contributed by atoms with van der Waals surface area (Å²) in [6.45, 7) is 3.15. The van der Waals surface area contributed by atoms with E-state index in [-0.39, 0.29) is 11.7 Å². The normalized spacial score (nSPS) is 11.4. The molecule has 4 N–H and O–H groups in total. The molecule has 0 bridgehead atoms. The minimum absolute atomic E-state index is 0.0142. The van der Waals surface area contributed by atoms with Crippen molar-refractivity contribution in [3.05, 3.63) is 28.2 Å². The molecule has 20 heavy (non-hydrogen) atoms. The van der Waals surface area contributed by atoms with E-state index in [2.05, 4.69) is 26.4 Å². The molecule has 0 heterocycles. The molecule has 1 aromatic carbocycles. The van der Waals surface area contributed by atoms with Gasteiger partial charge in [0.15, 0.2) is 5.84 Å². The van der Waals surface area contributed by atoms with Gasteiger partial charge in [0.05, 0.1) is 5.69 Å². The van der Waals surface area contributed by atoms with E-state index in [4.69, 9.17) is 15.7 Å². The molecule has 0 aromatic heterocycles. The summed E-state index contributed by atoms with van der Waals surface area (Å²) in [5.74, 6) is -0.0674. The van der Waals surface area contributed by atoms with E-state index in [0.717, 1.165) is 0 Å². The average Bonchev–Trinajstić information content (AvgIpc) is 2.45. The average molecular weight is 344 g/mol. The highest BCUT2D eigenvalue weighted by molar-refractivity contribution is 9.10. The highest BCUT2D eigenvalue weighted by Crippen LogP contribution is 2.23. The molecule has 1 aromatic rings. The van der Waals surface area contributed by atoms with Crippen LogP contribution in [0.4, 0.5) is 5.69 Å². The SMILES string of the molecule is CCOCCCC(=O)Nc1ccc(/C(N)=N/O)cc1Br. The molecule has 0 saturated heterocycles. The summed E-state index contributed by atoms with van der Waals surface area (Å²) >= 11 is 3.33. The Balaban J connectivity index is 2.58. The number of amidine groups is 1. The fraction of sp³-hybridized carbons (Fsp3) is 0.385. The molecule has 110 valence electrons. The van der Waals surface area contributed by atoms with Gasteiger partial charge in [-0.05, 0) is 47.5 Å². The minimum Gasteiger partial charge on any atom is -0.409 e. The summed E-state index contributed by atoms with van der Waals surface area (Å²) in [6, 6.07) is 5.03. The Hall–Kier alpha value is -1.60. The van der Waals surface area contributed by atoms with Crippen LogP contribution in [0.3, 0.4) is 0 Å². The van der Waals surface area contributed by atoms with Crippen molar-refractivity contribution in [3.8, 4) is 0 Å². The molecular weight excluding hydrogens is 326 g/mol. The number of hydrogen-bond acceptors (Lipinski definition) is 4. The van der Waals surface area contributed by atoms with E-state index in [0.29, 0.717) is 41.8 Å². The maximum absolute atomic E-state index is 11.7. The van der Waals surface area contributed by atoms with E-state index in [1.54, 1.807) is 18.2 Å². The number of ether oxygens (including phenoxy) is 1. The zero-order valence-electron chi connectivity index (χ0n) is 11.2. The molecule has 0 spiro atoms. The summed E-state index contributed by atoms with van der Waals surface area (Å²) in [4.78, 5) is 11.7. The van der Waals surface area contributed by atoms with Gasteiger partial charge >= 0.3 is 0 Å². The number of anilines is 1. The van der Waals surface area contributed by atoms with Crippen LogP contribution in [0.25, 0.3) is 0 Å². The van der Waals surface area contributed by atoms with Crippen molar-refractivity contribution in [2.45, 2.75) is 19.8 Å². The number of carbonyl (C=O) groups is 1. The molecule has 0 saturated carbocycles. The summed E-state index contributed by atoms with van der Waals surface area (Å²) < 4.78 is 5.84. The fourth-order valence-electron chi connectivity index (χ4n) is 1.53. The number of hydrogen-bond donors (Lipinski definition) is 3. The van der Waals surface area contributed by atoms with Gasteiger partial charge in [-0.1, -0.05) is 5.16 Å². The first kappa shape index (κ1) is 16.5. The second-order valence-electron chi connectivity index (χ2n) is 4.03. The van der Waals surface area contributed by atoms with Crippen molar-refractivity contribution in [2.75, 3.05) is 18.5 Å². The van der Waals surface area contributed by atoms with E-state index in [9.17, 15) is 4.79 Å². The monoisotopic (exact) mass is 343 g/mol. The van der Waals surface area contributed by atoms with Crippen molar-refractivity contribution in [1.29, 1.82) is 0 Å². The zero-order valence-corrected chi connectivity index (χ0v) is 12.8. The minimum atomic E-state index is -0.0815. The molecular formula is C13H18BrN3O3. The first-order valence-electron chi connectivity index (χ1n) is 6.23. The number of benzene rings is 1. The van der Waals surface area contributed by atoms with E-state index in [1.165, 1.54) is 0 Å².